The third-order valence-electron chi connectivity index (χ3n) is 2.91. The molecule has 14 heteroatoms. The van der Waals surface area contributed by atoms with Gasteiger partial charge in [-0.3, -0.25) is 29.0 Å². The van der Waals surface area contributed by atoms with Crippen molar-refractivity contribution in [2.75, 3.05) is 65.7 Å². The third-order valence-corrected chi connectivity index (χ3v) is 2.91. The molecule has 0 bridgehead atoms. The van der Waals surface area contributed by atoms with Crippen LogP contribution in [0.15, 0.2) is 0 Å². The van der Waals surface area contributed by atoms with Crippen LogP contribution in [0, 0.1) is 0 Å². The van der Waals surface area contributed by atoms with Crippen molar-refractivity contribution in [3.8, 4) is 0 Å². The Labute approximate surface area is 206 Å². The molecule has 0 aliphatic carbocycles. The second kappa shape index (κ2) is 20.0. The van der Waals surface area contributed by atoms with E-state index in [0.29, 0.717) is 0 Å². The molecule has 0 fully saturated rings. The SMILES string of the molecule is O=C(O)CN(CCOCCOCCN(CC(=O)O)CC(=O)O)CC(=O)O.[Na+].[Na+]. The maximum Gasteiger partial charge on any atom is 1.00 e. The fraction of sp³-hybridized carbons (Fsp3) is 0.714. The van der Waals surface area contributed by atoms with E-state index in [1.165, 1.54) is 9.80 Å². The number of hydrogen-bond acceptors (Lipinski definition) is 8. The molecule has 0 atom stereocenters. The van der Waals surface area contributed by atoms with Crippen molar-refractivity contribution >= 4 is 23.9 Å². The normalized spacial score (nSPS) is 10.2. The van der Waals surface area contributed by atoms with Gasteiger partial charge in [-0.05, 0) is 0 Å². The van der Waals surface area contributed by atoms with E-state index in [1.807, 2.05) is 0 Å². The van der Waals surface area contributed by atoms with Crippen molar-refractivity contribution in [3.05, 3.63) is 0 Å². The van der Waals surface area contributed by atoms with E-state index in [4.69, 9.17) is 29.9 Å². The first-order valence-corrected chi connectivity index (χ1v) is 7.68. The van der Waals surface area contributed by atoms with Gasteiger partial charge in [0.05, 0.1) is 52.6 Å². The second-order valence-electron chi connectivity index (χ2n) is 5.22. The summed E-state index contributed by atoms with van der Waals surface area (Å²) in [5.41, 5.74) is 0. The van der Waals surface area contributed by atoms with Gasteiger partial charge in [0.1, 0.15) is 0 Å². The molecule has 12 nitrogen and oxygen atoms in total. The van der Waals surface area contributed by atoms with Crippen LogP contribution in [0.1, 0.15) is 0 Å². The summed E-state index contributed by atoms with van der Waals surface area (Å²) in [7, 11) is 0. The van der Waals surface area contributed by atoms with Gasteiger partial charge in [-0.15, -0.1) is 0 Å². The Balaban J connectivity index is -0.00000312. The first-order valence-electron chi connectivity index (χ1n) is 7.68. The van der Waals surface area contributed by atoms with Crippen LogP contribution in [0.2, 0.25) is 0 Å². The van der Waals surface area contributed by atoms with Gasteiger partial charge in [-0.2, -0.15) is 0 Å². The molecule has 0 aromatic heterocycles. The number of aliphatic carboxylic acids is 4. The van der Waals surface area contributed by atoms with Crippen LogP contribution in [0.5, 0.6) is 0 Å². The molecular formula is C14H24N2Na2O10+2. The Morgan fingerprint density at radius 1 is 0.536 bits per heavy atom. The number of hydrogen-bond donors (Lipinski definition) is 4. The van der Waals surface area contributed by atoms with Crippen molar-refractivity contribution in [2.45, 2.75) is 0 Å². The third kappa shape index (κ3) is 22.0. The Hall–Kier alpha value is -0.280. The molecule has 28 heavy (non-hydrogen) atoms. The fourth-order valence-corrected chi connectivity index (χ4v) is 1.90. The van der Waals surface area contributed by atoms with E-state index in [2.05, 4.69) is 0 Å². The average Bonchev–Trinajstić information content (AvgIpc) is 2.47. The summed E-state index contributed by atoms with van der Waals surface area (Å²) >= 11 is 0. The first kappa shape index (κ1) is 32.4. The van der Waals surface area contributed by atoms with E-state index < -0.39 is 50.1 Å². The summed E-state index contributed by atoms with van der Waals surface area (Å²) in [4.78, 5) is 44.9. The van der Waals surface area contributed by atoms with Gasteiger partial charge < -0.3 is 29.9 Å². The number of ether oxygens (including phenoxy) is 2. The molecule has 0 aliphatic rings. The van der Waals surface area contributed by atoms with Gasteiger partial charge in [0.25, 0.3) is 0 Å². The smallest absolute Gasteiger partial charge is 0.480 e. The predicted molar refractivity (Wildman–Crippen MR) is 85.1 cm³/mol. The minimum absolute atomic E-state index is 0. The number of rotatable bonds is 17. The van der Waals surface area contributed by atoms with E-state index in [1.54, 1.807) is 0 Å². The Kier molecular flexibility index (Phi) is 23.1. The molecule has 0 heterocycles. The molecule has 0 rings (SSSR count). The number of carboxylic acid groups (broad SMARTS) is 4. The maximum absolute atomic E-state index is 10.6. The Bertz CT molecular complexity index is 407. The van der Waals surface area contributed by atoms with Gasteiger partial charge in [-0.1, -0.05) is 0 Å². The summed E-state index contributed by atoms with van der Waals surface area (Å²) in [6.45, 7) is -0.790. The molecule has 0 amide bonds. The van der Waals surface area contributed by atoms with Crippen LogP contribution in [0.25, 0.3) is 0 Å². The predicted octanol–water partition coefficient (Wildman–Crippen LogP) is -8.03. The van der Waals surface area contributed by atoms with Crippen molar-refractivity contribution in [1.82, 2.24) is 9.80 Å². The van der Waals surface area contributed by atoms with Gasteiger partial charge in [0.15, 0.2) is 0 Å². The van der Waals surface area contributed by atoms with E-state index in [0.717, 1.165) is 0 Å². The standard InChI is InChI=1S/C14H24N2O10.2Na/c17-11(18)7-15(8-12(19)20)1-3-25-5-6-26-4-2-16(9-13(21)22)10-14(23)24;;/h1-10H2,(H,17,18)(H,19,20)(H,21,22)(H,23,24);;/q;2*+1. The van der Waals surface area contributed by atoms with Crippen LogP contribution in [0.4, 0.5) is 0 Å². The van der Waals surface area contributed by atoms with Crippen molar-refractivity contribution in [1.29, 1.82) is 0 Å². The van der Waals surface area contributed by atoms with Crippen LogP contribution in [-0.2, 0) is 28.7 Å². The number of nitrogens with zero attached hydrogens (tertiary/aromatic N) is 2. The summed E-state index contributed by atoms with van der Waals surface area (Å²) < 4.78 is 10.4. The van der Waals surface area contributed by atoms with Crippen molar-refractivity contribution in [2.24, 2.45) is 0 Å². The molecule has 0 radical (unpaired) electrons. The molecule has 0 aliphatic heterocycles. The van der Waals surface area contributed by atoms with Gasteiger partial charge in [0.2, 0.25) is 0 Å². The first-order chi connectivity index (χ1) is 12.2. The molecule has 0 saturated carbocycles. The van der Waals surface area contributed by atoms with E-state index in [9.17, 15) is 19.2 Å². The van der Waals surface area contributed by atoms with Crippen molar-refractivity contribution in [3.63, 3.8) is 0 Å². The number of carboxylic acids is 4. The topological polar surface area (TPSA) is 174 Å². The van der Waals surface area contributed by atoms with Crippen LogP contribution >= 0.6 is 0 Å². The monoisotopic (exact) mass is 426 g/mol. The summed E-state index contributed by atoms with van der Waals surface area (Å²) in [6.07, 6.45) is 0. The van der Waals surface area contributed by atoms with Crippen LogP contribution < -0.4 is 59.1 Å². The molecular weight excluding hydrogens is 402 g/mol. The quantitative estimate of drug-likeness (QED) is 0.128. The Morgan fingerprint density at radius 3 is 1.00 bits per heavy atom. The Morgan fingerprint density at radius 2 is 0.786 bits per heavy atom. The summed E-state index contributed by atoms with van der Waals surface area (Å²) in [6, 6.07) is 0. The van der Waals surface area contributed by atoms with Gasteiger partial charge in [0, 0.05) is 13.1 Å². The average molecular weight is 426 g/mol. The van der Waals surface area contributed by atoms with Crippen LogP contribution in [-0.4, -0.2) is 120 Å². The summed E-state index contributed by atoms with van der Waals surface area (Å²) in [5.74, 6) is -4.55. The van der Waals surface area contributed by atoms with E-state index >= 15 is 0 Å². The van der Waals surface area contributed by atoms with Gasteiger partial charge >= 0.3 is 83.0 Å². The van der Waals surface area contributed by atoms with E-state index in [-0.39, 0.29) is 98.6 Å². The maximum atomic E-state index is 10.6. The summed E-state index contributed by atoms with van der Waals surface area (Å²) in [5, 5.41) is 34.7. The van der Waals surface area contributed by atoms with Crippen molar-refractivity contribution < 1.29 is 108 Å². The largest absolute Gasteiger partial charge is 1.00 e. The number of carbonyl (C=O) groups is 4. The fourth-order valence-electron chi connectivity index (χ4n) is 1.90. The zero-order valence-electron chi connectivity index (χ0n) is 16.2. The molecule has 0 aromatic carbocycles. The molecule has 0 spiro atoms. The minimum atomic E-state index is -1.14. The molecule has 4 N–H and O–H groups in total. The minimum Gasteiger partial charge on any atom is -0.480 e. The van der Waals surface area contributed by atoms with Gasteiger partial charge in [-0.25, -0.2) is 0 Å². The van der Waals surface area contributed by atoms with Crippen LogP contribution in [0.3, 0.4) is 0 Å². The zero-order chi connectivity index (χ0) is 19.9. The molecule has 150 valence electrons. The second-order valence-corrected chi connectivity index (χ2v) is 5.22. The molecule has 0 unspecified atom stereocenters. The molecule has 0 saturated heterocycles. The molecule has 0 aromatic rings. The zero-order valence-corrected chi connectivity index (χ0v) is 20.2.